The van der Waals surface area contributed by atoms with Crippen LogP contribution in [0.4, 0.5) is 4.79 Å². The van der Waals surface area contributed by atoms with Crippen LogP contribution in [0.3, 0.4) is 0 Å². The average Bonchev–Trinajstić information content (AvgIpc) is 2.73. The topological polar surface area (TPSA) is 58.6 Å². The van der Waals surface area contributed by atoms with Crippen LogP contribution in [0, 0.1) is 5.92 Å². The quantitative estimate of drug-likeness (QED) is 0.873. The molecule has 5 nitrogen and oxygen atoms in total. The van der Waals surface area contributed by atoms with E-state index in [4.69, 9.17) is 4.74 Å². The largest absolute Gasteiger partial charge is 0.415 e. The maximum atomic E-state index is 12.3. The molecule has 2 amide bonds. The van der Waals surface area contributed by atoms with Crippen molar-refractivity contribution in [2.75, 3.05) is 19.6 Å². The summed E-state index contributed by atoms with van der Waals surface area (Å²) in [6, 6.07) is 16.8. The summed E-state index contributed by atoms with van der Waals surface area (Å²) in [5.74, 6) is 0.902. The molecule has 0 bridgehead atoms. The first kappa shape index (κ1) is 19.0. The van der Waals surface area contributed by atoms with Crippen LogP contribution in [0.5, 0.6) is 5.75 Å². The normalized spacial score (nSPS) is 14.6. The molecule has 3 rings (SSSR count). The number of piperidine rings is 1. The molecule has 0 unspecified atom stereocenters. The number of likely N-dealkylation sites (tertiary alicyclic amines) is 1. The minimum atomic E-state index is -0.306. The zero-order valence-corrected chi connectivity index (χ0v) is 15.7. The predicted octanol–water partition coefficient (Wildman–Crippen LogP) is 3.89. The van der Waals surface area contributed by atoms with Crippen molar-refractivity contribution in [3.05, 3.63) is 65.7 Å². The molecular weight excluding hydrogens is 340 g/mol. The number of para-hydroxylation sites is 1. The molecule has 1 saturated heterocycles. The number of aryl methyl sites for hydroxylation is 1. The van der Waals surface area contributed by atoms with Gasteiger partial charge < -0.3 is 15.0 Å². The minimum Gasteiger partial charge on any atom is -0.410 e. The van der Waals surface area contributed by atoms with E-state index >= 15 is 0 Å². The van der Waals surface area contributed by atoms with Gasteiger partial charge in [-0.15, -0.1) is 0 Å². The van der Waals surface area contributed by atoms with E-state index in [1.54, 1.807) is 17.0 Å². The highest BCUT2D eigenvalue weighted by atomic mass is 16.6. The van der Waals surface area contributed by atoms with Crippen molar-refractivity contribution < 1.29 is 14.3 Å². The van der Waals surface area contributed by atoms with Crippen LogP contribution < -0.4 is 10.1 Å². The van der Waals surface area contributed by atoms with Crippen molar-refractivity contribution in [2.45, 2.75) is 26.2 Å². The van der Waals surface area contributed by atoms with Crippen molar-refractivity contribution >= 4 is 12.0 Å². The lowest BCUT2D eigenvalue weighted by Crippen LogP contribution is -2.42. The monoisotopic (exact) mass is 366 g/mol. The standard InChI is InChI=1S/C22H26N2O3/c1-2-17-8-10-19(11-9-17)21(25)23-16-18-12-14-24(15-13-18)22(26)27-20-6-4-3-5-7-20/h3-11,18H,2,12-16H2,1H3,(H,23,25). The van der Waals surface area contributed by atoms with Gasteiger partial charge in [0.1, 0.15) is 5.75 Å². The van der Waals surface area contributed by atoms with Gasteiger partial charge in [0.05, 0.1) is 0 Å². The van der Waals surface area contributed by atoms with Crippen LogP contribution in [0.15, 0.2) is 54.6 Å². The number of hydrogen-bond donors (Lipinski definition) is 1. The summed E-state index contributed by atoms with van der Waals surface area (Å²) in [6.07, 6.45) is 2.38. The third kappa shape index (κ3) is 5.33. The summed E-state index contributed by atoms with van der Waals surface area (Å²) in [5, 5.41) is 3.02. The minimum absolute atomic E-state index is 0.0384. The SMILES string of the molecule is CCc1ccc(C(=O)NCC2CCN(C(=O)Oc3ccccc3)CC2)cc1. The third-order valence-corrected chi connectivity index (χ3v) is 5.00. The van der Waals surface area contributed by atoms with Gasteiger partial charge in [-0.1, -0.05) is 37.3 Å². The van der Waals surface area contributed by atoms with Crippen LogP contribution in [-0.4, -0.2) is 36.5 Å². The van der Waals surface area contributed by atoms with Crippen LogP contribution in [0.25, 0.3) is 0 Å². The fraction of sp³-hybridized carbons (Fsp3) is 0.364. The highest BCUT2D eigenvalue weighted by molar-refractivity contribution is 5.94. The van der Waals surface area contributed by atoms with Crippen molar-refractivity contribution in [3.63, 3.8) is 0 Å². The second kappa shape index (κ2) is 9.21. The van der Waals surface area contributed by atoms with Gasteiger partial charge in [0.15, 0.2) is 0 Å². The number of benzene rings is 2. The van der Waals surface area contributed by atoms with E-state index in [0.717, 1.165) is 19.3 Å². The second-order valence-electron chi connectivity index (χ2n) is 6.87. The Hall–Kier alpha value is -2.82. The molecule has 1 heterocycles. The smallest absolute Gasteiger partial charge is 0.410 e. The van der Waals surface area contributed by atoms with Gasteiger partial charge in [-0.3, -0.25) is 4.79 Å². The fourth-order valence-electron chi connectivity index (χ4n) is 3.20. The van der Waals surface area contributed by atoms with E-state index in [1.807, 2.05) is 42.5 Å². The van der Waals surface area contributed by atoms with Crippen molar-refractivity contribution in [1.29, 1.82) is 0 Å². The molecule has 1 aliphatic heterocycles. The summed E-state index contributed by atoms with van der Waals surface area (Å²) in [7, 11) is 0. The Bertz CT molecular complexity index is 751. The first-order valence-electron chi connectivity index (χ1n) is 9.54. The van der Waals surface area contributed by atoms with Crippen LogP contribution >= 0.6 is 0 Å². The Morgan fingerprint density at radius 1 is 1.04 bits per heavy atom. The number of nitrogens with zero attached hydrogens (tertiary/aromatic N) is 1. The molecule has 0 saturated carbocycles. The van der Waals surface area contributed by atoms with E-state index < -0.39 is 0 Å². The Kier molecular flexibility index (Phi) is 6.47. The third-order valence-electron chi connectivity index (χ3n) is 5.00. The number of carbonyl (C=O) groups is 2. The average molecular weight is 366 g/mol. The van der Waals surface area contributed by atoms with Gasteiger partial charge in [0, 0.05) is 25.2 Å². The van der Waals surface area contributed by atoms with Crippen molar-refractivity contribution in [1.82, 2.24) is 10.2 Å². The lowest BCUT2D eigenvalue weighted by molar-refractivity contribution is 0.0931. The summed E-state index contributed by atoms with van der Waals surface area (Å²) in [5.41, 5.74) is 1.91. The van der Waals surface area contributed by atoms with Gasteiger partial charge in [0.2, 0.25) is 0 Å². The van der Waals surface area contributed by atoms with E-state index in [9.17, 15) is 9.59 Å². The summed E-state index contributed by atoms with van der Waals surface area (Å²) >= 11 is 0. The number of amides is 2. The van der Waals surface area contributed by atoms with Crippen LogP contribution in [-0.2, 0) is 6.42 Å². The molecule has 1 N–H and O–H groups in total. The molecule has 2 aromatic carbocycles. The number of ether oxygens (including phenoxy) is 1. The van der Waals surface area contributed by atoms with Gasteiger partial charge in [-0.2, -0.15) is 0 Å². The lowest BCUT2D eigenvalue weighted by Gasteiger charge is -2.31. The van der Waals surface area contributed by atoms with E-state index in [2.05, 4.69) is 12.2 Å². The first-order chi connectivity index (χ1) is 13.2. The Labute approximate surface area is 160 Å². The molecule has 1 fully saturated rings. The molecule has 5 heteroatoms. The second-order valence-corrected chi connectivity index (χ2v) is 6.87. The highest BCUT2D eigenvalue weighted by Gasteiger charge is 2.24. The van der Waals surface area contributed by atoms with Gasteiger partial charge in [0.25, 0.3) is 5.91 Å². The molecular formula is C22H26N2O3. The number of hydrogen-bond acceptors (Lipinski definition) is 3. The van der Waals surface area contributed by atoms with E-state index in [-0.39, 0.29) is 12.0 Å². The first-order valence-corrected chi connectivity index (χ1v) is 9.54. The zero-order valence-electron chi connectivity index (χ0n) is 15.7. The van der Waals surface area contributed by atoms with Crippen molar-refractivity contribution in [3.8, 4) is 5.75 Å². The van der Waals surface area contributed by atoms with E-state index in [0.29, 0.717) is 36.9 Å². The summed E-state index contributed by atoms with van der Waals surface area (Å²) in [4.78, 5) is 26.2. The van der Waals surface area contributed by atoms with Gasteiger partial charge in [-0.25, -0.2) is 4.79 Å². The molecule has 0 aromatic heterocycles. The zero-order chi connectivity index (χ0) is 19.1. The molecule has 27 heavy (non-hydrogen) atoms. The van der Waals surface area contributed by atoms with Crippen LogP contribution in [0.2, 0.25) is 0 Å². The molecule has 0 atom stereocenters. The van der Waals surface area contributed by atoms with Gasteiger partial charge >= 0.3 is 6.09 Å². The lowest BCUT2D eigenvalue weighted by atomic mass is 9.97. The predicted molar refractivity (Wildman–Crippen MR) is 105 cm³/mol. The molecule has 1 aliphatic rings. The molecule has 0 radical (unpaired) electrons. The molecule has 0 spiro atoms. The van der Waals surface area contributed by atoms with Gasteiger partial charge in [-0.05, 0) is 55.0 Å². The Morgan fingerprint density at radius 3 is 2.33 bits per heavy atom. The fourth-order valence-corrected chi connectivity index (χ4v) is 3.20. The highest BCUT2D eigenvalue weighted by Crippen LogP contribution is 2.18. The molecule has 0 aliphatic carbocycles. The number of rotatable bonds is 5. The number of carbonyl (C=O) groups excluding carboxylic acids is 2. The van der Waals surface area contributed by atoms with Crippen LogP contribution in [0.1, 0.15) is 35.7 Å². The Morgan fingerprint density at radius 2 is 1.70 bits per heavy atom. The van der Waals surface area contributed by atoms with E-state index in [1.165, 1.54) is 5.56 Å². The summed E-state index contributed by atoms with van der Waals surface area (Å²) in [6.45, 7) is 4.03. The maximum absolute atomic E-state index is 12.3. The number of nitrogens with one attached hydrogen (secondary N) is 1. The van der Waals surface area contributed by atoms with Crippen molar-refractivity contribution in [2.24, 2.45) is 5.92 Å². The molecule has 2 aromatic rings. The summed E-state index contributed by atoms with van der Waals surface area (Å²) < 4.78 is 5.38. The molecule has 142 valence electrons. The maximum Gasteiger partial charge on any atom is 0.415 e. The Balaban J connectivity index is 1.41.